The van der Waals surface area contributed by atoms with Crippen molar-refractivity contribution in [3.8, 4) is 0 Å². The van der Waals surface area contributed by atoms with Crippen molar-refractivity contribution in [2.45, 2.75) is 0 Å². The third-order valence-electron chi connectivity index (χ3n) is 0. The average molecular weight is 182 g/mol. The van der Waals surface area contributed by atoms with Gasteiger partial charge >= 0.3 is 23.9 Å². The fraction of sp³-hybridized carbons (Fsp3) is 0. The van der Waals surface area contributed by atoms with Crippen LogP contribution in [0.3, 0.4) is 0 Å². The van der Waals surface area contributed by atoms with Gasteiger partial charge in [-0.25, -0.2) is 0 Å². The Morgan fingerprint density at radius 3 is 1.40 bits per heavy atom. The van der Waals surface area contributed by atoms with E-state index in [1.165, 1.54) is 0 Å². The Labute approximate surface area is 47.2 Å². The standard InChI is InChI=1S/CH5N3.Sn.4H/c2-1(3)4;;;;;/h(H5,2,3,4);;;;;. The quantitative estimate of drug-likeness (QED) is 0.218. The Morgan fingerprint density at radius 2 is 1.40 bits per heavy atom. The summed E-state index contributed by atoms with van der Waals surface area (Å²) in [6, 6.07) is 0. The Morgan fingerprint density at radius 1 is 1.40 bits per heavy atom. The maximum atomic E-state index is 6.06. The second-order valence-corrected chi connectivity index (χ2v) is 0.455. The summed E-state index contributed by atoms with van der Waals surface area (Å²) in [5, 5.41) is 6.06. The molecule has 5 heavy (non-hydrogen) atoms. The Kier molecular flexibility index (Phi) is 7.25. The van der Waals surface area contributed by atoms with Crippen LogP contribution in [0.15, 0.2) is 0 Å². The zero-order chi connectivity index (χ0) is 3.58. The van der Waals surface area contributed by atoms with E-state index in [0.29, 0.717) is 0 Å². The van der Waals surface area contributed by atoms with Crippen molar-refractivity contribution in [1.82, 2.24) is 0 Å². The van der Waals surface area contributed by atoms with Crippen molar-refractivity contribution in [1.29, 1.82) is 5.41 Å². The molecule has 0 spiro atoms. The second kappa shape index (κ2) is 4.07. The van der Waals surface area contributed by atoms with Crippen LogP contribution in [0.4, 0.5) is 0 Å². The SMILES string of the molecule is N=C(N)N.[SnH4]. The minimum absolute atomic E-state index is 0. The summed E-state index contributed by atoms with van der Waals surface area (Å²) < 4.78 is 0. The van der Waals surface area contributed by atoms with E-state index in [-0.39, 0.29) is 29.9 Å². The van der Waals surface area contributed by atoms with Crippen molar-refractivity contribution < 1.29 is 0 Å². The molecule has 0 rings (SSSR count). The van der Waals surface area contributed by atoms with Crippen molar-refractivity contribution in [3.63, 3.8) is 0 Å². The zero-order valence-electron chi connectivity index (χ0n) is 2.15. The maximum absolute atomic E-state index is 6.06. The fourth-order valence-electron chi connectivity index (χ4n) is 0. The zero-order valence-corrected chi connectivity index (χ0v) is 2.15. The van der Waals surface area contributed by atoms with Gasteiger partial charge in [-0.3, -0.25) is 5.41 Å². The van der Waals surface area contributed by atoms with Crippen LogP contribution < -0.4 is 11.5 Å². The molecule has 0 amide bonds. The molecule has 4 heteroatoms. The first kappa shape index (κ1) is 8.91. The van der Waals surface area contributed by atoms with E-state index in [1.54, 1.807) is 0 Å². The number of rotatable bonds is 0. The van der Waals surface area contributed by atoms with Crippen LogP contribution in [-0.4, -0.2) is 29.9 Å². The van der Waals surface area contributed by atoms with Crippen molar-refractivity contribution in [2.24, 2.45) is 11.5 Å². The number of nitrogens with two attached hydrogens (primary N) is 2. The van der Waals surface area contributed by atoms with Gasteiger partial charge in [-0.15, -0.1) is 0 Å². The van der Waals surface area contributed by atoms with Crippen LogP contribution in [-0.2, 0) is 0 Å². The molecule has 0 aliphatic carbocycles. The Bertz CT molecular complexity index is 29.9. The number of guanidine groups is 1. The van der Waals surface area contributed by atoms with Crippen LogP contribution in [0, 0.1) is 5.41 Å². The minimum atomic E-state index is -0.333. The van der Waals surface area contributed by atoms with Crippen molar-refractivity contribution >= 4 is 29.9 Å². The molecule has 0 radical (unpaired) electrons. The van der Waals surface area contributed by atoms with Gasteiger partial charge in [-0.1, -0.05) is 0 Å². The molecule has 0 aromatic carbocycles. The van der Waals surface area contributed by atoms with Gasteiger partial charge in [0.15, 0.2) is 5.96 Å². The van der Waals surface area contributed by atoms with Gasteiger partial charge in [0.2, 0.25) is 0 Å². The van der Waals surface area contributed by atoms with Crippen LogP contribution in [0.2, 0.25) is 0 Å². The van der Waals surface area contributed by atoms with E-state index in [2.05, 4.69) is 11.5 Å². The summed E-state index contributed by atoms with van der Waals surface area (Å²) in [6.07, 6.45) is 0. The third-order valence-corrected chi connectivity index (χ3v) is 0. The van der Waals surface area contributed by atoms with E-state index in [4.69, 9.17) is 5.41 Å². The van der Waals surface area contributed by atoms with Gasteiger partial charge in [-0.2, -0.15) is 0 Å². The first-order chi connectivity index (χ1) is 1.73. The molecule has 0 aliphatic rings. The molecule has 0 aliphatic heterocycles. The summed E-state index contributed by atoms with van der Waals surface area (Å²) in [7, 11) is 0. The average Bonchev–Trinajstić information content (AvgIpc) is 0.811. The molecule has 0 aromatic rings. The summed E-state index contributed by atoms with van der Waals surface area (Å²) >= 11 is 0. The van der Waals surface area contributed by atoms with Crippen molar-refractivity contribution in [2.75, 3.05) is 0 Å². The van der Waals surface area contributed by atoms with E-state index >= 15 is 0 Å². The normalized spacial score (nSPS) is 4.80. The molecule has 0 saturated carbocycles. The van der Waals surface area contributed by atoms with Gasteiger partial charge in [0.25, 0.3) is 0 Å². The summed E-state index contributed by atoms with van der Waals surface area (Å²) in [5.41, 5.74) is 8.94. The number of hydrogen-bond donors (Lipinski definition) is 3. The van der Waals surface area contributed by atoms with Crippen LogP contribution in [0.25, 0.3) is 0 Å². The van der Waals surface area contributed by atoms with Crippen LogP contribution in [0.1, 0.15) is 0 Å². The predicted octanol–water partition coefficient (Wildman–Crippen LogP) is -2.61. The molecule has 0 saturated heterocycles. The molecular weight excluding hydrogens is 173 g/mol. The molecule has 0 fully saturated rings. The fourth-order valence-corrected chi connectivity index (χ4v) is 0. The van der Waals surface area contributed by atoms with Crippen LogP contribution in [0.5, 0.6) is 0 Å². The summed E-state index contributed by atoms with van der Waals surface area (Å²) in [4.78, 5) is 0. The topological polar surface area (TPSA) is 75.9 Å². The molecule has 0 atom stereocenters. The summed E-state index contributed by atoms with van der Waals surface area (Å²) in [5.74, 6) is -0.333. The van der Waals surface area contributed by atoms with Gasteiger partial charge in [0, 0.05) is 0 Å². The molecule has 0 bridgehead atoms. The molecular formula is CH9N3Sn. The monoisotopic (exact) mass is 183 g/mol. The first-order valence-corrected chi connectivity index (χ1v) is 0.827. The molecule has 0 aromatic heterocycles. The predicted molar refractivity (Wildman–Crippen MR) is 27.4 cm³/mol. The van der Waals surface area contributed by atoms with Gasteiger partial charge in [-0.05, 0) is 0 Å². The van der Waals surface area contributed by atoms with Gasteiger partial charge in [0.05, 0.1) is 0 Å². The van der Waals surface area contributed by atoms with E-state index < -0.39 is 0 Å². The number of hydrogen-bond acceptors (Lipinski definition) is 1. The Hall–Kier alpha value is 0.0687. The Balaban J connectivity index is 0. The first-order valence-electron chi connectivity index (χ1n) is 0.827. The number of nitrogens with one attached hydrogen (secondary N) is 1. The van der Waals surface area contributed by atoms with Gasteiger partial charge < -0.3 is 11.5 Å². The summed E-state index contributed by atoms with van der Waals surface area (Å²) in [6.45, 7) is 0. The molecule has 32 valence electrons. The van der Waals surface area contributed by atoms with E-state index in [0.717, 1.165) is 0 Å². The van der Waals surface area contributed by atoms with E-state index in [1.807, 2.05) is 0 Å². The van der Waals surface area contributed by atoms with Crippen LogP contribution >= 0.6 is 0 Å². The van der Waals surface area contributed by atoms with Crippen molar-refractivity contribution in [3.05, 3.63) is 0 Å². The third kappa shape index (κ3) is 3690. The molecule has 0 heterocycles. The second-order valence-electron chi connectivity index (χ2n) is 0.455. The molecule has 5 N–H and O–H groups in total. The molecule has 3 nitrogen and oxygen atoms in total. The van der Waals surface area contributed by atoms with E-state index in [9.17, 15) is 0 Å². The molecule has 0 unspecified atom stereocenters. The van der Waals surface area contributed by atoms with Gasteiger partial charge in [0.1, 0.15) is 0 Å².